The summed E-state index contributed by atoms with van der Waals surface area (Å²) >= 11 is 0. The molecule has 2 aromatic heterocycles. The Kier molecular flexibility index (Phi) is 5.61. The SMILES string of the molecule is Cc1ccc(C(=O)NC2CC2)cc1-c1cc2cnnc(-c3ccc(C(F)(F)F)cc3F)c2n(C)c1=O. The predicted molar refractivity (Wildman–Crippen MR) is 126 cm³/mol. The molecule has 2 aromatic carbocycles. The van der Waals surface area contributed by atoms with Gasteiger partial charge < -0.3 is 9.88 Å². The number of hydrogen-bond donors (Lipinski definition) is 1. The Bertz CT molecular complexity index is 1590. The summed E-state index contributed by atoms with van der Waals surface area (Å²) < 4.78 is 55.0. The van der Waals surface area contributed by atoms with Crippen LogP contribution in [0.4, 0.5) is 17.6 Å². The molecule has 0 unspecified atom stereocenters. The summed E-state index contributed by atoms with van der Waals surface area (Å²) in [6.07, 6.45) is -1.42. The molecule has 0 spiro atoms. The minimum Gasteiger partial charge on any atom is -0.349 e. The zero-order valence-corrected chi connectivity index (χ0v) is 19.3. The highest BCUT2D eigenvalue weighted by molar-refractivity contribution is 5.97. The Morgan fingerprint density at radius 3 is 2.47 bits per heavy atom. The maximum Gasteiger partial charge on any atom is 0.416 e. The molecule has 10 heteroatoms. The number of benzene rings is 2. The van der Waals surface area contributed by atoms with Crippen LogP contribution in [0.5, 0.6) is 0 Å². The first-order valence-electron chi connectivity index (χ1n) is 11.2. The van der Waals surface area contributed by atoms with Gasteiger partial charge in [-0.3, -0.25) is 9.59 Å². The summed E-state index contributed by atoms with van der Waals surface area (Å²) in [5.41, 5.74) is 0.433. The fourth-order valence-electron chi connectivity index (χ4n) is 4.16. The summed E-state index contributed by atoms with van der Waals surface area (Å²) in [5.74, 6) is -1.35. The van der Waals surface area contributed by atoms with Crippen LogP contribution in [-0.2, 0) is 13.2 Å². The molecule has 1 aliphatic carbocycles. The van der Waals surface area contributed by atoms with Crippen molar-refractivity contribution in [3.63, 3.8) is 0 Å². The number of hydrogen-bond acceptors (Lipinski definition) is 4. The van der Waals surface area contributed by atoms with Gasteiger partial charge in [-0.15, -0.1) is 5.10 Å². The molecular weight excluding hydrogens is 476 g/mol. The molecule has 0 atom stereocenters. The van der Waals surface area contributed by atoms with Gasteiger partial charge in [-0.05, 0) is 67.3 Å². The summed E-state index contributed by atoms with van der Waals surface area (Å²) in [4.78, 5) is 26.0. The van der Waals surface area contributed by atoms with E-state index < -0.39 is 23.1 Å². The van der Waals surface area contributed by atoms with Crippen LogP contribution >= 0.6 is 0 Å². The summed E-state index contributed by atoms with van der Waals surface area (Å²) in [7, 11) is 1.47. The van der Waals surface area contributed by atoms with Crippen molar-refractivity contribution in [3.05, 3.63) is 81.5 Å². The molecule has 2 heterocycles. The van der Waals surface area contributed by atoms with E-state index in [2.05, 4.69) is 15.5 Å². The van der Waals surface area contributed by atoms with Crippen LogP contribution in [0.2, 0.25) is 0 Å². The molecule has 36 heavy (non-hydrogen) atoms. The molecule has 184 valence electrons. The molecule has 0 radical (unpaired) electrons. The number of aromatic nitrogens is 3. The van der Waals surface area contributed by atoms with Crippen molar-refractivity contribution in [2.24, 2.45) is 7.05 Å². The number of aryl methyl sites for hydroxylation is 2. The summed E-state index contributed by atoms with van der Waals surface area (Å²) in [6.45, 7) is 1.81. The number of halogens is 4. The second-order valence-electron chi connectivity index (χ2n) is 8.89. The van der Waals surface area contributed by atoms with Gasteiger partial charge in [0, 0.05) is 35.2 Å². The Balaban J connectivity index is 1.65. The third-order valence-electron chi connectivity index (χ3n) is 6.28. The number of fused-ring (bicyclic) bond motifs is 1. The molecule has 0 saturated heterocycles. The van der Waals surface area contributed by atoms with E-state index in [1.165, 1.54) is 17.8 Å². The van der Waals surface area contributed by atoms with E-state index in [0.29, 0.717) is 28.1 Å². The molecule has 1 saturated carbocycles. The maximum absolute atomic E-state index is 14.7. The third-order valence-corrected chi connectivity index (χ3v) is 6.28. The van der Waals surface area contributed by atoms with Gasteiger partial charge in [0.15, 0.2) is 0 Å². The molecule has 4 aromatic rings. The molecule has 1 N–H and O–H groups in total. The van der Waals surface area contributed by atoms with Gasteiger partial charge in [-0.2, -0.15) is 18.3 Å². The Morgan fingerprint density at radius 2 is 1.81 bits per heavy atom. The predicted octanol–water partition coefficient (Wildman–Crippen LogP) is 5.02. The van der Waals surface area contributed by atoms with E-state index in [9.17, 15) is 27.2 Å². The number of carbonyl (C=O) groups is 1. The first kappa shape index (κ1) is 23.7. The van der Waals surface area contributed by atoms with Crippen LogP contribution in [-0.4, -0.2) is 26.7 Å². The number of rotatable bonds is 4. The van der Waals surface area contributed by atoms with E-state index in [1.54, 1.807) is 24.3 Å². The maximum atomic E-state index is 14.7. The molecular formula is C26H20F4N4O2. The highest BCUT2D eigenvalue weighted by Crippen LogP contribution is 2.34. The number of nitrogens with zero attached hydrogens (tertiary/aromatic N) is 3. The Morgan fingerprint density at radius 1 is 1.06 bits per heavy atom. The fourth-order valence-corrected chi connectivity index (χ4v) is 4.16. The lowest BCUT2D eigenvalue weighted by Crippen LogP contribution is -2.25. The second kappa shape index (κ2) is 8.54. The van der Waals surface area contributed by atoms with Gasteiger partial charge in [-0.25, -0.2) is 4.39 Å². The van der Waals surface area contributed by atoms with Gasteiger partial charge in [0.05, 0.1) is 17.3 Å². The van der Waals surface area contributed by atoms with Crippen molar-refractivity contribution in [1.82, 2.24) is 20.1 Å². The van der Waals surface area contributed by atoms with Crippen LogP contribution in [0.3, 0.4) is 0 Å². The highest BCUT2D eigenvalue weighted by atomic mass is 19.4. The van der Waals surface area contributed by atoms with Crippen molar-refractivity contribution in [2.45, 2.75) is 32.0 Å². The topological polar surface area (TPSA) is 76.9 Å². The van der Waals surface area contributed by atoms with Crippen molar-refractivity contribution in [3.8, 4) is 22.4 Å². The lowest BCUT2D eigenvalue weighted by Gasteiger charge is -2.15. The summed E-state index contributed by atoms with van der Waals surface area (Å²) in [6, 6.07) is 8.98. The third kappa shape index (κ3) is 4.23. The smallest absolute Gasteiger partial charge is 0.349 e. The van der Waals surface area contributed by atoms with Gasteiger partial charge in [0.1, 0.15) is 11.5 Å². The Hall–Kier alpha value is -4.08. The second-order valence-corrected chi connectivity index (χ2v) is 8.89. The molecule has 1 fully saturated rings. The molecule has 5 rings (SSSR count). The highest BCUT2D eigenvalue weighted by Gasteiger charge is 2.31. The van der Waals surface area contributed by atoms with Crippen LogP contribution in [0.15, 0.2) is 53.5 Å². The average molecular weight is 496 g/mol. The Labute approximate surface area is 202 Å². The number of nitrogens with one attached hydrogen (secondary N) is 1. The van der Waals surface area contributed by atoms with Crippen LogP contribution in [0, 0.1) is 12.7 Å². The summed E-state index contributed by atoms with van der Waals surface area (Å²) in [5, 5.41) is 11.2. The molecule has 6 nitrogen and oxygen atoms in total. The van der Waals surface area contributed by atoms with Crippen LogP contribution < -0.4 is 10.9 Å². The van der Waals surface area contributed by atoms with Gasteiger partial charge in [0.2, 0.25) is 0 Å². The van der Waals surface area contributed by atoms with E-state index >= 15 is 0 Å². The van der Waals surface area contributed by atoms with E-state index in [-0.39, 0.29) is 28.7 Å². The monoisotopic (exact) mass is 496 g/mol. The number of pyridine rings is 1. The zero-order valence-electron chi connectivity index (χ0n) is 19.3. The molecule has 1 amide bonds. The minimum atomic E-state index is -4.70. The lowest BCUT2D eigenvalue weighted by molar-refractivity contribution is -0.137. The van der Waals surface area contributed by atoms with E-state index in [4.69, 9.17) is 0 Å². The standard InChI is InChI=1S/C26H20F4N4O2/c1-13-3-4-14(24(35)32-17-6-7-17)9-19(13)20-10-15-12-31-33-22(23(15)34(2)25(20)36)18-8-5-16(11-21(18)27)26(28,29)30/h3-5,8-12,17H,6-7H2,1-2H3,(H,32,35). The van der Waals surface area contributed by atoms with Crippen molar-refractivity contribution in [1.29, 1.82) is 0 Å². The number of amides is 1. The van der Waals surface area contributed by atoms with Crippen molar-refractivity contribution < 1.29 is 22.4 Å². The largest absolute Gasteiger partial charge is 0.416 e. The number of carbonyl (C=O) groups excluding carboxylic acids is 1. The van der Waals surface area contributed by atoms with E-state index in [1.807, 2.05) is 6.92 Å². The van der Waals surface area contributed by atoms with Crippen molar-refractivity contribution >= 4 is 16.8 Å². The normalized spacial score (nSPS) is 13.7. The lowest BCUT2D eigenvalue weighted by atomic mass is 9.97. The average Bonchev–Trinajstić information content (AvgIpc) is 3.65. The molecule has 0 aliphatic heterocycles. The van der Waals surface area contributed by atoms with Crippen molar-refractivity contribution in [2.75, 3.05) is 0 Å². The fraction of sp³-hybridized carbons (Fsp3) is 0.231. The first-order chi connectivity index (χ1) is 17.0. The minimum absolute atomic E-state index is 0.0563. The molecule has 1 aliphatic rings. The quantitative estimate of drug-likeness (QED) is 0.403. The first-order valence-corrected chi connectivity index (χ1v) is 11.2. The van der Waals surface area contributed by atoms with Crippen LogP contribution in [0.25, 0.3) is 33.3 Å². The van der Waals surface area contributed by atoms with E-state index in [0.717, 1.165) is 30.5 Å². The van der Waals surface area contributed by atoms with Gasteiger partial charge >= 0.3 is 6.18 Å². The number of alkyl halides is 3. The van der Waals surface area contributed by atoms with Gasteiger partial charge in [0.25, 0.3) is 11.5 Å². The van der Waals surface area contributed by atoms with Gasteiger partial charge in [-0.1, -0.05) is 6.07 Å². The zero-order chi connectivity index (χ0) is 25.8. The molecule has 0 bridgehead atoms. The van der Waals surface area contributed by atoms with Crippen LogP contribution in [0.1, 0.15) is 34.3 Å².